The molecule has 1 aromatic carbocycles. The van der Waals surface area contributed by atoms with Crippen molar-refractivity contribution in [1.82, 2.24) is 4.98 Å². The molecule has 2 rings (SSSR count). The zero-order valence-corrected chi connectivity index (χ0v) is 9.41. The van der Waals surface area contributed by atoms with Crippen LogP contribution in [0.25, 0.3) is 0 Å². The van der Waals surface area contributed by atoms with E-state index in [-0.39, 0.29) is 12.0 Å². The highest BCUT2D eigenvalue weighted by molar-refractivity contribution is 5.26. The highest BCUT2D eigenvalue weighted by atomic mass is 19.1. The molecular formula is C13H11F3N2. The second-order valence-corrected chi connectivity index (χ2v) is 3.95. The van der Waals surface area contributed by atoms with Gasteiger partial charge in [0.05, 0.1) is 0 Å². The van der Waals surface area contributed by atoms with E-state index in [0.717, 1.165) is 5.56 Å². The Labute approximate surface area is 102 Å². The van der Waals surface area contributed by atoms with Crippen LogP contribution in [-0.4, -0.2) is 4.98 Å². The third-order valence-corrected chi connectivity index (χ3v) is 2.62. The summed E-state index contributed by atoms with van der Waals surface area (Å²) in [4.78, 5) is 3.83. The van der Waals surface area contributed by atoms with Crippen molar-refractivity contribution in [2.45, 2.75) is 12.5 Å². The van der Waals surface area contributed by atoms with Gasteiger partial charge in [-0.15, -0.1) is 0 Å². The Kier molecular flexibility index (Phi) is 3.62. The van der Waals surface area contributed by atoms with Crippen LogP contribution in [0.4, 0.5) is 13.2 Å². The quantitative estimate of drug-likeness (QED) is 0.912. The molecule has 1 unspecified atom stereocenters. The van der Waals surface area contributed by atoms with Crippen molar-refractivity contribution in [3.05, 3.63) is 65.2 Å². The third kappa shape index (κ3) is 2.68. The van der Waals surface area contributed by atoms with Crippen molar-refractivity contribution in [3.8, 4) is 0 Å². The summed E-state index contributed by atoms with van der Waals surface area (Å²) in [6.45, 7) is 0. The lowest BCUT2D eigenvalue weighted by Gasteiger charge is -2.14. The Morgan fingerprint density at radius 1 is 1.06 bits per heavy atom. The van der Waals surface area contributed by atoms with Gasteiger partial charge in [0, 0.05) is 36.1 Å². The van der Waals surface area contributed by atoms with Crippen molar-refractivity contribution in [2.24, 2.45) is 5.73 Å². The Morgan fingerprint density at radius 2 is 1.61 bits per heavy atom. The topological polar surface area (TPSA) is 38.9 Å². The molecule has 0 spiro atoms. The van der Waals surface area contributed by atoms with Crippen LogP contribution >= 0.6 is 0 Å². The van der Waals surface area contributed by atoms with Crippen molar-refractivity contribution in [3.63, 3.8) is 0 Å². The first kappa shape index (κ1) is 12.6. The zero-order chi connectivity index (χ0) is 13.1. The molecule has 2 aromatic rings. The van der Waals surface area contributed by atoms with Gasteiger partial charge in [-0.1, -0.05) is 0 Å². The molecule has 0 fully saturated rings. The van der Waals surface area contributed by atoms with Gasteiger partial charge in [-0.05, 0) is 24.1 Å². The van der Waals surface area contributed by atoms with Crippen LogP contribution in [0.5, 0.6) is 0 Å². The van der Waals surface area contributed by atoms with Crippen LogP contribution in [0.2, 0.25) is 0 Å². The van der Waals surface area contributed by atoms with Gasteiger partial charge in [0.1, 0.15) is 17.5 Å². The van der Waals surface area contributed by atoms with Crippen LogP contribution in [0.3, 0.4) is 0 Å². The molecule has 1 atom stereocenters. The maximum atomic E-state index is 13.5. The van der Waals surface area contributed by atoms with E-state index in [2.05, 4.69) is 4.98 Å². The summed E-state index contributed by atoms with van der Waals surface area (Å²) in [6, 6.07) is 3.81. The minimum atomic E-state index is -0.964. The van der Waals surface area contributed by atoms with E-state index in [1.807, 2.05) is 0 Å². The van der Waals surface area contributed by atoms with Crippen molar-refractivity contribution < 1.29 is 13.2 Å². The Bertz CT molecular complexity index is 520. The Balaban J connectivity index is 2.27. The van der Waals surface area contributed by atoms with Crippen molar-refractivity contribution >= 4 is 0 Å². The lowest BCUT2D eigenvalue weighted by atomic mass is 9.99. The first-order valence-corrected chi connectivity index (χ1v) is 5.37. The van der Waals surface area contributed by atoms with E-state index in [9.17, 15) is 13.2 Å². The maximum Gasteiger partial charge on any atom is 0.133 e. The van der Waals surface area contributed by atoms with E-state index in [4.69, 9.17) is 5.73 Å². The highest BCUT2D eigenvalue weighted by Gasteiger charge is 2.18. The zero-order valence-electron chi connectivity index (χ0n) is 9.41. The molecule has 0 aliphatic heterocycles. The molecule has 0 aliphatic carbocycles. The summed E-state index contributed by atoms with van der Waals surface area (Å²) in [6.07, 6.45) is 3.39. The fraction of sp³-hybridized carbons (Fsp3) is 0.154. The van der Waals surface area contributed by atoms with Gasteiger partial charge < -0.3 is 5.73 Å². The first-order chi connectivity index (χ1) is 8.58. The molecule has 5 heteroatoms. The molecule has 0 amide bonds. The van der Waals surface area contributed by atoms with Crippen LogP contribution in [0, 0.1) is 17.5 Å². The number of nitrogens with two attached hydrogens (primary N) is 1. The Morgan fingerprint density at radius 3 is 2.17 bits per heavy atom. The molecular weight excluding hydrogens is 241 g/mol. The lowest BCUT2D eigenvalue weighted by molar-refractivity contribution is 0.501. The van der Waals surface area contributed by atoms with Crippen LogP contribution < -0.4 is 5.73 Å². The molecule has 1 aromatic heterocycles. The molecule has 2 N–H and O–H groups in total. The van der Waals surface area contributed by atoms with Gasteiger partial charge in [0.15, 0.2) is 0 Å². The molecule has 0 radical (unpaired) electrons. The van der Waals surface area contributed by atoms with E-state index in [1.54, 1.807) is 24.5 Å². The SMILES string of the molecule is NC(Cc1ccncc1)c1c(F)cc(F)cc1F. The van der Waals surface area contributed by atoms with Crippen LogP contribution in [-0.2, 0) is 6.42 Å². The average Bonchev–Trinajstić information content (AvgIpc) is 2.28. The largest absolute Gasteiger partial charge is 0.323 e. The maximum absolute atomic E-state index is 13.5. The number of halogens is 3. The van der Waals surface area contributed by atoms with Gasteiger partial charge in [0.2, 0.25) is 0 Å². The summed E-state index contributed by atoms with van der Waals surface area (Å²) in [7, 11) is 0. The summed E-state index contributed by atoms with van der Waals surface area (Å²) >= 11 is 0. The summed E-state index contributed by atoms with van der Waals surface area (Å²) in [5, 5.41) is 0. The van der Waals surface area contributed by atoms with Crippen molar-refractivity contribution in [1.29, 1.82) is 0 Å². The normalized spacial score (nSPS) is 12.4. The molecule has 18 heavy (non-hydrogen) atoms. The Hall–Kier alpha value is -1.88. The number of aromatic nitrogens is 1. The fourth-order valence-corrected chi connectivity index (χ4v) is 1.78. The smallest absolute Gasteiger partial charge is 0.133 e. The molecule has 0 saturated heterocycles. The number of rotatable bonds is 3. The predicted molar refractivity (Wildman–Crippen MR) is 61.2 cm³/mol. The van der Waals surface area contributed by atoms with Gasteiger partial charge in [-0.2, -0.15) is 0 Å². The molecule has 0 aliphatic rings. The van der Waals surface area contributed by atoms with Gasteiger partial charge >= 0.3 is 0 Å². The predicted octanol–water partition coefficient (Wildman–Crippen LogP) is 2.74. The average molecular weight is 252 g/mol. The number of hydrogen-bond acceptors (Lipinski definition) is 2. The number of pyridine rings is 1. The van der Waals surface area contributed by atoms with Crippen LogP contribution in [0.1, 0.15) is 17.2 Å². The minimum absolute atomic E-state index is 0.252. The van der Waals surface area contributed by atoms with Gasteiger partial charge in [-0.25, -0.2) is 13.2 Å². The second kappa shape index (κ2) is 5.18. The standard InChI is InChI=1S/C13H11F3N2/c14-9-6-10(15)13(11(16)7-9)12(17)5-8-1-3-18-4-2-8/h1-4,6-7,12H,5,17H2. The molecule has 0 saturated carbocycles. The molecule has 0 bridgehead atoms. The molecule has 2 nitrogen and oxygen atoms in total. The second-order valence-electron chi connectivity index (χ2n) is 3.95. The van der Waals surface area contributed by atoms with E-state index >= 15 is 0 Å². The monoisotopic (exact) mass is 252 g/mol. The fourth-order valence-electron chi connectivity index (χ4n) is 1.78. The minimum Gasteiger partial charge on any atom is -0.323 e. The number of hydrogen-bond donors (Lipinski definition) is 1. The van der Waals surface area contributed by atoms with Gasteiger partial charge in [0.25, 0.3) is 0 Å². The molecule has 94 valence electrons. The number of nitrogens with zero attached hydrogens (tertiary/aromatic N) is 1. The van der Waals surface area contributed by atoms with Crippen LogP contribution in [0.15, 0.2) is 36.7 Å². The molecule has 1 heterocycles. The van der Waals surface area contributed by atoms with Gasteiger partial charge in [-0.3, -0.25) is 4.98 Å². The van der Waals surface area contributed by atoms with Crippen molar-refractivity contribution in [2.75, 3.05) is 0 Å². The number of benzene rings is 1. The van der Waals surface area contributed by atoms with E-state index in [1.165, 1.54) is 0 Å². The highest BCUT2D eigenvalue weighted by Crippen LogP contribution is 2.23. The third-order valence-electron chi connectivity index (χ3n) is 2.62. The van der Waals surface area contributed by atoms with E-state index in [0.29, 0.717) is 12.1 Å². The lowest BCUT2D eigenvalue weighted by Crippen LogP contribution is -2.17. The van der Waals surface area contributed by atoms with E-state index < -0.39 is 23.5 Å². The summed E-state index contributed by atoms with van der Waals surface area (Å²) in [5.41, 5.74) is 6.26. The summed E-state index contributed by atoms with van der Waals surface area (Å²) < 4.78 is 39.8. The first-order valence-electron chi connectivity index (χ1n) is 5.37. The summed E-state index contributed by atoms with van der Waals surface area (Å²) in [5.74, 6) is -2.88.